The smallest absolute Gasteiger partial charge is 0.311 e. The summed E-state index contributed by atoms with van der Waals surface area (Å²) < 4.78 is 22.8. The largest absolute Gasteiger partial charge is 0.481 e. The lowest BCUT2D eigenvalue weighted by Crippen LogP contribution is -2.42. The van der Waals surface area contributed by atoms with Gasteiger partial charge >= 0.3 is 5.97 Å². The molecule has 1 N–H and O–H groups in total. The van der Waals surface area contributed by atoms with Crippen molar-refractivity contribution < 1.29 is 18.3 Å². The van der Waals surface area contributed by atoms with Gasteiger partial charge in [-0.15, -0.1) is 0 Å². The molecule has 2 fully saturated rings. The van der Waals surface area contributed by atoms with Crippen LogP contribution in [0.1, 0.15) is 30.7 Å². The van der Waals surface area contributed by atoms with Crippen LogP contribution in [-0.4, -0.2) is 56.0 Å². The number of rotatable bonds is 5. The van der Waals surface area contributed by atoms with Crippen molar-refractivity contribution in [1.82, 2.24) is 4.90 Å². The van der Waals surface area contributed by atoms with Gasteiger partial charge in [0.15, 0.2) is 0 Å². The highest BCUT2D eigenvalue weighted by atomic mass is 32.2. The molecule has 0 radical (unpaired) electrons. The minimum Gasteiger partial charge on any atom is -0.481 e. The molecule has 6 heteroatoms. The van der Waals surface area contributed by atoms with Crippen LogP contribution in [0.15, 0.2) is 30.3 Å². The van der Waals surface area contributed by atoms with E-state index in [1.807, 2.05) is 23.1 Å². The maximum Gasteiger partial charge on any atom is 0.311 e. The number of carbonyl (C=O) groups is 1. The molecule has 3 atom stereocenters. The average molecular weight is 351 g/mol. The molecule has 1 aromatic carbocycles. The molecule has 1 aromatic rings. The van der Waals surface area contributed by atoms with Crippen LogP contribution >= 0.6 is 0 Å². The first-order valence-corrected chi connectivity index (χ1v) is 10.5. The number of benzene rings is 1. The lowest BCUT2D eigenvalue weighted by Gasteiger charge is -2.38. The highest BCUT2D eigenvalue weighted by Gasteiger charge is 2.54. The molecule has 1 unspecified atom stereocenters. The third-order valence-electron chi connectivity index (χ3n) is 5.75. The second-order valence-corrected chi connectivity index (χ2v) is 9.66. The zero-order chi connectivity index (χ0) is 17.4. The van der Waals surface area contributed by atoms with Crippen molar-refractivity contribution in [3.8, 4) is 0 Å². The summed E-state index contributed by atoms with van der Waals surface area (Å²) in [4.78, 5) is 14.0. The molecule has 0 aromatic heterocycles. The van der Waals surface area contributed by atoms with Gasteiger partial charge in [-0.05, 0) is 36.7 Å². The van der Waals surface area contributed by atoms with Crippen molar-refractivity contribution in [1.29, 1.82) is 0 Å². The Morgan fingerprint density at radius 2 is 2.04 bits per heavy atom. The number of sulfone groups is 1. The summed E-state index contributed by atoms with van der Waals surface area (Å²) in [6.45, 7) is 1.59. The summed E-state index contributed by atoms with van der Waals surface area (Å²) in [5.41, 5.74) is 0.578. The van der Waals surface area contributed by atoms with Gasteiger partial charge in [0.25, 0.3) is 0 Å². The van der Waals surface area contributed by atoms with Gasteiger partial charge < -0.3 is 10.0 Å². The molecule has 1 saturated heterocycles. The van der Waals surface area contributed by atoms with Gasteiger partial charge in [0.05, 0.1) is 11.2 Å². The molecule has 2 aliphatic rings. The second kappa shape index (κ2) is 6.48. The van der Waals surface area contributed by atoms with Crippen molar-refractivity contribution in [2.24, 2.45) is 11.3 Å². The van der Waals surface area contributed by atoms with Crippen LogP contribution < -0.4 is 0 Å². The van der Waals surface area contributed by atoms with Crippen molar-refractivity contribution in [2.45, 2.75) is 25.2 Å². The van der Waals surface area contributed by atoms with E-state index in [9.17, 15) is 18.3 Å². The molecule has 0 amide bonds. The lowest BCUT2D eigenvalue weighted by atomic mass is 9.64. The predicted octanol–water partition coefficient (Wildman–Crippen LogP) is 2.00. The van der Waals surface area contributed by atoms with Crippen molar-refractivity contribution in [3.05, 3.63) is 35.9 Å². The molecule has 1 heterocycles. The van der Waals surface area contributed by atoms with Crippen molar-refractivity contribution in [2.75, 3.05) is 31.6 Å². The molecule has 0 spiro atoms. The number of hydrogen-bond donors (Lipinski definition) is 1. The Hall–Kier alpha value is -1.40. The number of hydrogen-bond acceptors (Lipinski definition) is 4. The first kappa shape index (κ1) is 17.4. The van der Waals surface area contributed by atoms with Gasteiger partial charge in [-0.2, -0.15) is 0 Å². The number of nitrogens with zero attached hydrogens (tertiary/aromatic N) is 1. The van der Waals surface area contributed by atoms with E-state index >= 15 is 0 Å². The molecule has 3 rings (SSSR count). The Kier molecular flexibility index (Phi) is 4.71. The number of likely N-dealkylation sites (tertiary alicyclic amines) is 1. The van der Waals surface area contributed by atoms with E-state index in [0.717, 1.165) is 12.8 Å². The fraction of sp³-hybridized carbons (Fsp3) is 0.611. The summed E-state index contributed by atoms with van der Waals surface area (Å²) in [5, 5.41) is 9.86. The maximum atomic E-state index is 12.0. The summed E-state index contributed by atoms with van der Waals surface area (Å²) in [6, 6.07) is 10.3. The number of carboxylic acid groups (broad SMARTS) is 1. The lowest BCUT2D eigenvalue weighted by molar-refractivity contribution is -0.152. The van der Waals surface area contributed by atoms with Crippen LogP contribution in [0.3, 0.4) is 0 Å². The molecular formula is C18H25NO4S. The summed E-state index contributed by atoms with van der Waals surface area (Å²) in [5.74, 6) is -0.134. The monoisotopic (exact) mass is 351 g/mol. The van der Waals surface area contributed by atoms with Crippen LogP contribution in [0.5, 0.6) is 0 Å². The number of carboxylic acids is 1. The van der Waals surface area contributed by atoms with Crippen molar-refractivity contribution >= 4 is 15.8 Å². The van der Waals surface area contributed by atoms with E-state index in [-0.39, 0.29) is 11.7 Å². The first-order valence-electron chi connectivity index (χ1n) is 8.48. The van der Waals surface area contributed by atoms with E-state index in [1.165, 1.54) is 11.8 Å². The van der Waals surface area contributed by atoms with E-state index < -0.39 is 21.2 Å². The minimum absolute atomic E-state index is 0.0912. The fourth-order valence-corrected chi connectivity index (χ4v) is 4.99. The third-order valence-corrected chi connectivity index (χ3v) is 6.67. The molecule has 1 aliphatic carbocycles. The summed E-state index contributed by atoms with van der Waals surface area (Å²) in [7, 11) is -3.03. The Morgan fingerprint density at radius 3 is 2.67 bits per heavy atom. The summed E-state index contributed by atoms with van der Waals surface area (Å²) in [6.07, 6.45) is 3.65. The Morgan fingerprint density at radius 1 is 1.33 bits per heavy atom. The number of aliphatic carboxylic acids is 1. The molecule has 24 heavy (non-hydrogen) atoms. The molecule has 1 aliphatic heterocycles. The molecule has 1 saturated carbocycles. The zero-order valence-electron chi connectivity index (χ0n) is 14.0. The normalized spacial score (nSPS) is 30.9. The van der Waals surface area contributed by atoms with E-state index in [0.29, 0.717) is 32.0 Å². The first-order chi connectivity index (χ1) is 11.3. The molecular weight excluding hydrogens is 326 g/mol. The Labute approximate surface area is 143 Å². The SMILES string of the molecule is CS(=O)(=O)CCN1C[C@@H]2CC(c3ccccc3)CC[C@]2(C(=O)O)C1. The topological polar surface area (TPSA) is 74.7 Å². The van der Waals surface area contributed by atoms with Gasteiger partial charge in [-0.25, -0.2) is 8.42 Å². The van der Waals surface area contributed by atoms with Gasteiger partial charge in [-0.1, -0.05) is 30.3 Å². The third kappa shape index (κ3) is 3.49. The van der Waals surface area contributed by atoms with Crippen LogP contribution in [0.25, 0.3) is 0 Å². The van der Waals surface area contributed by atoms with Crippen LogP contribution in [-0.2, 0) is 14.6 Å². The highest BCUT2D eigenvalue weighted by Crippen LogP contribution is 2.51. The number of fused-ring (bicyclic) bond motifs is 1. The van der Waals surface area contributed by atoms with E-state index in [2.05, 4.69) is 12.1 Å². The zero-order valence-corrected chi connectivity index (χ0v) is 14.8. The van der Waals surface area contributed by atoms with Gasteiger partial charge in [-0.3, -0.25) is 4.79 Å². The minimum atomic E-state index is -3.03. The Balaban J connectivity index is 1.75. The highest BCUT2D eigenvalue weighted by molar-refractivity contribution is 7.90. The molecule has 132 valence electrons. The molecule has 5 nitrogen and oxygen atoms in total. The van der Waals surface area contributed by atoms with Crippen LogP contribution in [0, 0.1) is 11.3 Å². The fourth-order valence-electron chi connectivity index (χ4n) is 4.40. The van der Waals surface area contributed by atoms with E-state index in [4.69, 9.17) is 0 Å². The summed E-state index contributed by atoms with van der Waals surface area (Å²) >= 11 is 0. The predicted molar refractivity (Wildman–Crippen MR) is 92.7 cm³/mol. The van der Waals surface area contributed by atoms with Gasteiger partial charge in [0, 0.05) is 25.9 Å². The Bertz CT molecular complexity index is 703. The van der Waals surface area contributed by atoms with Gasteiger partial charge in [0.1, 0.15) is 9.84 Å². The molecule has 0 bridgehead atoms. The van der Waals surface area contributed by atoms with Gasteiger partial charge in [0.2, 0.25) is 0 Å². The maximum absolute atomic E-state index is 12.0. The van der Waals surface area contributed by atoms with E-state index in [1.54, 1.807) is 0 Å². The van der Waals surface area contributed by atoms with Crippen LogP contribution in [0.2, 0.25) is 0 Å². The van der Waals surface area contributed by atoms with Crippen molar-refractivity contribution in [3.63, 3.8) is 0 Å². The average Bonchev–Trinajstić information content (AvgIpc) is 2.92. The standard InChI is InChI=1S/C18H25NO4S/c1-24(22,23)10-9-19-12-16-11-15(14-5-3-2-4-6-14)7-8-18(16,13-19)17(20)21/h2-6,15-16H,7-13H2,1H3,(H,20,21)/t15?,16-,18-/m0/s1. The second-order valence-electron chi connectivity index (χ2n) is 7.41. The quantitative estimate of drug-likeness (QED) is 0.878. The van der Waals surface area contributed by atoms with Crippen LogP contribution in [0.4, 0.5) is 0 Å².